The van der Waals surface area contributed by atoms with Gasteiger partial charge in [0.25, 0.3) is 5.91 Å². The van der Waals surface area contributed by atoms with Gasteiger partial charge in [0.1, 0.15) is 5.82 Å². The molecular formula is C19H16FN3O4. The van der Waals surface area contributed by atoms with Crippen molar-refractivity contribution in [3.63, 3.8) is 0 Å². The van der Waals surface area contributed by atoms with Gasteiger partial charge in [0, 0.05) is 18.3 Å². The molecule has 0 spiro atoms. The summed E-state index contributed by atoms with van der Waals surface area (Å²) in [7, 11) is 0. The van der Waals surface area contributed by atoms with Gasteiger partial charge in [-0.15, -0.1) is 0 Å². The molecule has 0 unspecified atom stereocenters. The fourth-order valence-corrected chi connectivity index (χ4v) is 2.55. The molecule has 0 saturated carbocycles. The van der Waals surface area contributed by atoms with Crippen LogP contribution in [0.3, 0.4) is 0 Å². The fraction of sp³-hybridized carbons (Fsp3) is 0.158. The van der Waals surface area contributed by atoms with Gasteiger partial charge >= 0.3 is 5.97 Å². The number of benzene rings is 1. The van der Waals surface area contributed by atoms with Gasteiger partial charge in [0.2, 0.25) is 0 Å². The first-order valence-electron chi connectivity index (χ1n) is 8.19. The minimum Gasteiger partial charge on any atom is -0.478 e. The van der Waals surface area contributed by atoms with Gasteiger partial charge in [0.15, 0.2) is 17.8 Å². The van der Waals surface area contributed by atoms with Gasteiger partial charge in [-0.2, -0.15) is 0 Å². The van der Waals surface area contributed by atoms with Gasteiger partial charge in [-0.05, 0) is 36.6 Å². The third-order valence-electron chi connectivity index (χ3n) is 3.87. The van der Waals surface area contributed by atoms with E-state index < -0.39 is 17.7 Å². The summed E-state index contributed by atoms with van der Waals surface area (Å²) in [5.41, 5.74) is 1.56. The average Bonchev–Trinajstić information content (AvgIpc) is 3.15. The Kier molecular flexibility index (Phi) is 5.55. The van der Waals surface area contributed by atoms with Crippen LogP contribution in [0.2, 0.25) is 0 Å². The highest BCUT2D eigenvalue weighted by molar-refractivity contribution is 5.97. The Hall–Kier alpha value is -3.55. The van der Waals surface area contributed by atoms with Crippen molar-refractivity contribution in [3.8, 4) is 11.3 Å². The number of nitrogens with one attached hydrogen (secondary N) is 1. The lowest BCUT2D eigenvalue weighted by Crippen LogP contribution is -2.25. The maximum Gasteiger partial charge on any atom is 0.335 e. The highest BCUT2D eigenvalue weighted by Gasteiger charge is 2.18. The zero-order valence-electron chi connectivity index (χ0n) is 14.2. The number of halogens is 1. The summed E-state index contributed by atoms with van der Waals surface area (Å²) in [5.74, 6) is -1.57. The average molecular weight is 369 g/mol. The van der Waals surface area contributed by atoms with Gasteiger partial charge in [-0.25, -0.2) is 14.2 Å². The predicted molar refractivity (Wildman–Crippen MR) is 93.7 cm³/mol. The number of hydrogen-bond acceptors (Lipinski definition) is 5. The smallest absolute Gasteiger partial charge is 0.335 e. The first kappa shape index (κ1) is 18.2. The number of amides is 1. The lowest BCUT2D eigenvalue weighted by molar-refractivity contribution is 0.0696. The van der Waals surface area contributed by atoms with Crippen LogP contribution >= 0.6 is 0 Å². The molecule has 1 aromatic carbocycles. The summed E-state index contributed by atoms with van der Waals surface area (Å²) < 4.78 is 18.4. The number of aromatic nitrogens is 2. The highest BCUT2D eigenvalue weighted by atomic mass is 19.1. The summed E-state index contributed by atoms with van der Waals surface area (Å²) in [4.78, 5) is 31.0. The van der Waals surface area contributed by atoms with Crippen LogP contribution in [0.4, 0.5) is 4.39 Å². The van der Waals surface area contributed by atoms with Crippen LogP contribution < -0.4 is 5.32 Å². The summed E-state index contributed by atoms with van der Waals surface area (Å²) in [6.07, 6.45) is 5.07. The van der Waals surface area contributed by atoms with Crippen molar-refractivity contribution in [2.24, 2.45) is 0 Å². The minimum atomic E-state index is -1.04. The molecule has 1 amide bonds. The van der Waals surface area contributed by atoms with Crippen LogP contribution in [-0.2, 0) is 6.42 Å². The lowest BCUT2D eigenvalue weighted by atomic mass is 10.1. The van der Waals surface area contributed by atoms with Crippen LogP contribution in [0, 0.1) is 5.82 Å². The molecule has 27 heavy (non-hydrogen) atoms. The molecule has 0 aliphatic rings. The van der Waals surface area contributed by atoms with E-state index in [2.05, 4.69) is 15.3 Å². The molecule has 2 aromatic heterocycles. The molecule has 8 heteroatoms. The number of rotatable bonds is 7. The number of nitrogens with zero attached hydrogens (tertiary/aromatic N) is 2. The van der Waals surface area contributed by atoms with Gasteiger partial charge in [0.05, 0.1) is 11.8 Å². The number of aromatic carboxylic acids is 1. The zero-order chi connectivity index (χ0) is 19.2. The molecule has 0 aliphatic heterocycles. The van der Waals surface area contributed by atoms with Crippen LogP contribution in [0.25, 0.3) is 11.3 Å². The number of oxazole rings is 1. The molecule has 0 saturated heterocycles. The molecule has 0 aliphatic carbocycles. The first-order chi connectivity index (χ1) is 13.0. The Morgan fingerprint density at radius 1 is 1.19 bits per heavy atom. The third-order valence-corrected chi connectivity index (χ3v) is 3.87. The van der Waals surface area contributed by atoms with Crippen molar-refractivity contribution < 1.29 is 23.5 Å². The van der Waals surface area contributed by atoms with Crippen molar-refractivity contribution in [2.75, 3.05) is 6.54 Å². The van der Waals surface area contributed by atoms with Gasteiger partial charge in [-0.3, -0.25) is 9.78 Å². The molecule has 138 valence electrons. The quantitative estimate of drug-likeness (QED) is 0.621. The Labute approximate surface area is 153 Å². The number of pyridine rings is 1. The predicted octanol–water partition coefficient (Wildman–Crippen LogP) is 2.94. The number of carboxylic acid groups (broad SMARTS) is 1. The third kappa shape index (κ3) is 4.55. The van der Waals surface area contributed by atoms with Crippen LogP contribution in [0.5, 0.6) is 0 Å². The number of carbonyl (C=O) groups excluding carboxylic acids is 1. The van der Waals surface area contributed by atoms with Crippen molar-refractivity contribution in [2.45, 2.75) is 12.8 Å². The normalized spacial score (nSPS) is 10.6. The monoisotopic (exact) mass is 369 g/mol. The number of aryl methyl sites for hydroxylation is 1. The Bertz CT molecular complexity index is 954. The second-order valence-corrected chi connectivity index (χ2v) is 5.78. The summed E-state index contributed by atoms with van der Waals surface area (Å²) in [6, 6.07) is 7.37. The topological polar surface area (TPSA) is 105 Å². The highest BCUT2D eigenvalue weighted by Crippen LogP contribution is 2.23. The number of carboxylic acids is 1. The largest absolute Gasteiger partial charge is 0.478 e. The van der Waals surface area contributed by atoms with E-state index in [0.717, 1.165) is 18.2 Å². The van der Waals surface area contributed by atoms with E-state index in [1.54, 1.807) is 18.3 Å². The van der Waals surface area contributed by atoms with Gasteiger partial charge < -0.3 is 14.8 Å². The van der Waals surface area contributed by atoms with Crippen molar-refractivity contribution in [1.29, 1.82) is 0 Å². The van der Waals surface area contributed by atoms with E-state index >= 15 is 0 Å². The molecule has 2 heterocycles. The zero-order valence-corrected chi connectivity index (χ0v) is 14.2. The Balaban J connectivity index is 1.59. The van der Waals surface area contributed by atoms with E-state index in [1.165, 1.54) is 18.2 Å². The summed E-state index contributed by atoms with van der Waals surface area (Å²) >= 11 is 0. The molecular weight excluding hydrogens is 353 g/mol. The minimum absolute atomic E-state index is 0.116. The molecule has 3 aromatic rings. The van der Waals surface area contributed by atoms with Crippen LogP contribution in [0.15, 0.2) is 53.5 Å². The molecule has 2 N–H and O–H groups in total. The number of hydrogen-bond donors (Lipinski definition) is 2. The van der Waals surface area contributed by atoms with Crippen LogP contribution in [-0.4, -0.2) is 33.5 Å². The Morgan fingerprint density at radius 2 is 1.96 bits per heavy atom. The first-order valence-corrected chi connectivity index (χ1v) is 8.19. The van der Waals surface area contributed by atoms with Crippen molar-refractivity contribution in [3.05, 3.63) is 71.8 Å². The maximum atomic E-state index is 13.1. The van der Waals surface area contributed by atoms with E-state index in [0.29, 0.717) is 24.9 Å². The molecule has 0 bridgehead atoms. The number of carbonyl (C=O) groups is 2. The molecule has 0 radical (unpaired) electrons. The molecule has 0 fully saturated rings. The second-order valence-electron chi connectivity index (χ2n) is 5.78. The van der Waals surface area contributed by atoms with Crippen molar-refractivity contribution in [1.82, 2.24) is 15.3 Å². The van der Waals surface area contributed by atoms with E-state index in [9.17, 15) is 14.0 Å². The summed E-state index contributed by atoms with van der Waals surface area (Å²) in [6.45, 7) is 0.375. The molecule has 7 nitrogen and oxygen atoms in total. The maximum absolute atomic E-state index is 13.1. The fourth-order valence-electron chi connectivity index (χ4n) is 2.55. The molecule has 3 rings (SSSR count). The van der Waals surface area contributed by atoms with Crippen molar-refractivity contribution >= 4 is 11.9 Å². The van der Waals surface area contributed by atoms with Gasteiger partial charge in [-0.1, -0.05) is 12.1 Å². The molecule has 0 atom stereocenters. The van der Waals surface area contributed by atoms with Crippen LogP contribution in [0.1, 0.15) is 32.8 Å². The van der Waals surface area contributed by atoms with E-state index in [1.807, 2.05) is 0 Å². The standard InChI is InChI=1S/C19H16FN3O4/c20-15-8-12(9-21-10-15)2-1-7-22-18(24)16-17(27-11-23-16)13-3-5-14(6-4-13)19(25)26/h3-6,8-11H,1-2,7H2,(H,22,24)(H,25,26). The SMILES string of the molecule is O=C(O)c1ccc(-c2ocnc2C(=O)NCCCc2cncc(F)c2)cc1. The Morgan fingerprint density at radius 3 is 2.67 bits per heavy atom. The van der Waals surface area contributed by atoms with E-state index in [-0.39, 0.29) is 17.0 Å². The summed E-state index contributed by atoms with van der Waals surface area (Å²) in [5, 5.41) is 11.7. The van der Waals surface area contributed by atoms with E-state index in [4.69, 9.17) is 9.52 Å². The second kappa shape index (κ2) is 8.22. The lowest BCUT2D eigenvalue weighted by Gasteiger charge is -2.05.